The second kappa shape index (κ2) is 7.59. The van der Waals surface area contributed by atoms with E-state index in [4.69, 9.17) is 11.6 Å². The first-order valence-corrected chi connectivity index (χ1v) is 8.90. The Morgan fingerprint density at radius 1 is 1.15 bits per heavy atom. The van der Waals surface area contributed by atoms with Gasteiger partial charge < -0.3 is 10.3 Å². The van der Waals surface area contributed by atoms with E-state index in [9.17, 15) is 4.79 Å². The van der Waals surface area contributed by atoms with Crippen LogP contribution >= 0.6 is 11.6 Å². The van der Waals surface area contributed by atoms with E-state index in [1.54, 1.807) is 23.0 Å². The molecule has 7 nitrogen and oxygen atoms in total. The van der Waals surface area contributed by atoms with Crippen molar-refractivity contribution in [2.45, 2.75) is 13.0 Å². The van der Waals surface area contributed by atoms with Crippen molar-refractivity contribution < 1.29 is 0 Å². The van der Waals surface area contributed by atoms with Gasteiger partial charge in [0.25, 0.3) is 0 Å². The minimum Gasteiger partial charge on any atom is -0.354 e. The third-order valence-corrected chi connectivity index (χ3v) is 4.59. The van der Waals surface area contributed by atoms with Crippen LogP contribution in [0.3, 0.4) is 0 Å². The van der Waals surface area contributed by atoms with Crippen molar-refractivity contribution in [3.63, 3.8) is 0 Å². The highest BCUT2D eigenvalue weighted by Crippen LogP contribution is 2.17. The molecule has 4 rings (SSSR count). The Morgan fingerprint density at radius 2 is 2.04 bits per heavy atom. The Morgan fingerprint density at radius 3 is 2.85 bits per heavy atom. The lowest BCUT2D eigenvalue weighted by atomic mass is 10.2. The fourth-order valence-corrected chi connectivity index (χ4v) is 3.03. The lowest BCUT2D eigenvalue weighted by molar-refractivity contribution is 0.777. The van der Waals surface area contributed by atoms with Crippen LogP contribution in [-0.2, 0) is 13.0 Å². The molecule has 0 saturated heterocycles. The number of nitrogens with zero attached hydrogens (tertiary/aromatic N) is 4. The molecular weight excluding hydrogens is 364 g/mol. The highest BCUT2D eigenvalue weighted by atomic mass is 35.5. The summed E-state index contributed by atoms with van der Waals surface area (Å²) < 4.78 is 1.56. The van der Waals surface area contributed by atoms with Gasteiger partial charge in [-0.25, -0.2) is 9.78 Å². The molecule has 0 radical (unpaired) electrons. The van der Waals surface area contributed by atoms with E-state index >= 15 is 0 Å². The molecule has 0 atom stereocenters. The van der Waals surface area contributed by atoms with Crippen LogP contribution in [0.15, 0.2) is 59.8 Å². The number of hydrogen-bond donors (Lipinski definition) is 2. The van der Waals surface area contributed by atoms with Gasteiger partial charge in [-0.3, -0.25) is 9.55 Å². The van der Waals surface area contributed by atoms with Crippen molar-refractivity contribution in [2.75, 3.05) is 11.9 Å². The number of fused-ring (bicyclic) bond motifs is 1. The Labute approximate surface area is 160 Å². The number of nitrogens with one attached hydrogen (secondary N) is 2. The second-order valence-corrected chi connectivity index (χ2v) is 6.48. The molecule has 0 amide bonds. The fraction of sp³-hybridized carbons (Fsp3) is 0.158. The molecule has 0 aliphatic rings. The van der Waals surface area contributed by atoms with Crippen molar-refractivity contribution in [3.8, 4) is 0 Å². The van der Waals surface area contributed by atoms with Crippen LogP contribution in [0.1, 0.15) is 11.1 Å². The van der Waals surface area contributed by atoms with Gasteiger partial charge in [0.15, 0.2) is 5.65 Å². The zero-order chi connectivity index (χ0) is 18.6. The standard InChI is InChI=1S/C19H17ClN6O/c20-15-6-2-1-5-14(15)12-26-17-16(24-19(26)27)11-23-18(25-17)22-9-7-13-4-3-8-21-10-13/h1-6,8,10-11H,7,9,12H2,(H,24,27)(H,22,23,25). The van der Waals surface area contributed by atoms with Crippen molar-refractivity contribution in [1.29, 1.82) is 0 Å². The van der Waals surface area contributed by atoms with Crippen LogP contribution in [-0.4, -0.2) is 31.0 Å². The van der Waals surface area contributed by atoms with Gasteiger partial charge in [0, 0.05) is 24.0 Å². The molecule has 8 heteroatoms. The molecule has 0 saturated carbocycles. The number of imidazole rings is 1. The van der Waals surface area contributed by atoms with Crippen LogP contribution < -0.4 is 11.0 Å². The number of rotatable bonds is 6. The molecule has 0 spiro atoms. The van der Waals surface area contributed by atoms with Crippen molar-refractivity contribution in [3.05, 3.63) is 81.6 Å². The van der Waals surface area contributed by atoms with Crippen LogP contribution in [0, 0.1) is 0 Å². The van der Waals surface area contributed by atoms with Crippen LogP contribution in [0.5, 0.6) is 0 Å². The smallest absolute Gasteiger partial charge is 0.328 e. The summed E-state index contributed by atoms with van der Waals surface area (Å²) in [5.74, 6) is 0.471. The first kappa shape index (κ1) is 17.2. The summed E-state index contributed by atoms with van der Waals surface area (Å²) in [6.07, 6.45) is 5.99. The third-order valence-electron chi connectivity index (χ3n) is 4.22. The van der Waals surface area contributed by atoms with Crippen molar-refractivity contribution in [1.82, 2.24) is 24.5 Å². The third kappa shape index (κ3) is 3.83. The lowest BCUT2D eigenvalue weighted by Crippen LogP contribution is -2.18. The summed E-state index contributed by atoms with van der Waals surface area (Å²) in [5.41, 5.74) is 2.87. The second-order valence-electron chi connectivity index (χ2n) is 6.08. The topological polar surface area (TPSA) is 88.5 Å². The number of anilines is 1. The van der Waals surface area contributed by atoms with Gasteiger partial charge in [-0.15, -0.1) is 0 Å². The van der Waals surface area contributed by atoms with E-state index in [1.807, 2.05) is 36.5 Å². The molecule has 0 aliphatic carbocycles. The van der Waals surface area contributed by atoms with Gasteiger partial charge in [-0.1, -0.05) is 35.9 Å². The first-order chi connectivity index (χ1) is 13.2. The summed E-state index contributed by atoms with van der Waals surface area (Å²) in [6.45, 7) is 1.00. The summed E-state index contributed by atoms with van der Waals surface area (Å²) >= 11 is 6.23. The zero-order valence-electron chi connectivity index (χ0n) is 14.4. The normalized spacial score (nSPS) is 11.0. The van der Waals surface area contributed by atoms with E-state index in [-0.39, 0.29) is 5.69 Å². The predicted molar refractivity (Wildman–Crippen MR) is 105 cm³/mol. The molecule has 0 unspecified atom stereocenters. The van der Waals surface area contributed by atoms with Gasteiger partial charge in [0.2, 0.25) is 5.95 Å². The molecule has 1 aromatic carbocycles. The highest BCUT2D eigenvalue weighted by molar-refractivity contribution is 6.31. The Bertz CT molecular complexity index is 1120. The maximum absolute atomic E-state index is 12.3. The van der Waals surface area contributed by atoms with E-state index in [1.165, 1.54) is 0 Å². The fourth-order valence-electron chi connectivity index (χ4n) is 2.84. The number of aromatic nitrogens is 5. The van der Waals surface area contributed by atoms with E-state index in [0.717, 1.165) is 17.5 Å². The Hall–Kier alpha value is -3.19. The molecule has 0 fully saturated rings. The van der Waals surface area contributed by atoms with Gasteiger partial charge in [-0.05, 0) is 29.7 Å². The first-order valence-electron chi connectivity index (χ1n) is 8.52. The summed E-state index contributed by atoms with van der Waals surface area (Å²) in [6, 6.07) is 11.4. The van der Waals surface area contributed by atoms with Gasteiger partial charge in [0.1, 0.15) is 5.52 Å². The predicted octanol–water partition coefficient (Wildman–Crippen LogP) is 2.87. The molecule has 0 bridgehead atoms. The maximum Gasteiger partial charge on any atom is 0.328 e. The number of aromatic amines is 1. The van der Waals surface area contributed by atoms with E-state index in [2.05, 4.69) is 25.3 Å². The monoisotopic (exact) mass is 380 g/mol. The van der Waals surface area contributed by atoms with Gasteiger partial charge in [-0.2, -0.15) is 4.98 Å². The number of H-pyrrole nitrogens is 1. The van der Waals surface area contributed by atoms with Crippen LogP contribution in [0.2, 0.25) is 5.02 Å². The minimum absolute atomic E-state index is 0.244. The number of pyridine rings is 1. The zero-order valence-corrected chi connectivity index (χ0v) is 15.1. The number of hydrogen-bond acceptors (Lipinski definition) is 5. The molecule has 2 N–H and O–H groups in total. The van der Waals surface area contributed by atoms with Crippen LogP contribution in [0.25, 0.3) is 11.2 Å². The van der Waals surface area contributed by atoms with E-state index in [0.29, 0.717) is 35.2 Å². The highest BCUT2D eigenvalue weighted by Gasteiger charge is 2.11. The summed E-state index contributed by atoms with van der Waals surface area (Å²) in [4.78, 5) is 28.0. The van der Waals surface area contributed by atoms with Gasteiger partial charge >= 0.3 is 5.69 Å². The van der Waals surface area contributed by atoms with Crippen LogP contribution in [0.4, 0.5) is 5.95 Å². The SMILES string of the molecule is O=c1[nH]c2cnc(NCCc3cccnc3)nc2n1Cc1ccccc1Cl. The maximum atomic E-state index is 12.3. The Balaban J connectivity index is 1.56. The molecule has 27 heavy (non-hydrogen) atoms. The summed E-state index contributed by atoms with van der Waals surface area (Å²) in [5, 5.41) is 3.81. The minimum atomic E-state index is -0.244. The lowest BCUT2D eigenvalue weighted by Gasteiger charge is -2.07. The molecule has 3 heterocycles. The quantitative estimate of drug-likeness (QED) is 0.537. The average Bonchev–Trinajstić information content (AvgIpc) is 2.99. The number of halogens is 1. The van der Waals surface area contributed by atoms with E-state index < -0.39 is 0 Å². The molecular formula is C19H17ClN6O. The Kier molecular flexibility index (Phi) is 4.84. The van der Waals surface area contributed by atoms with Gasteiger partial charge in [0.05, 0.1) is 12.7 Å². The molecule has 4 aromatic rings. The van der Waals surface area contributed by atoms with Crippen molar-refractivity contribution in [2.24, 2.45) is 0 Å². The van der Waals surface area contributed by atoms with Crippen molar-refractivity contribution >= 4 is 28.7 Å². The largest absolute Gasteiger partial charge is 0.354 e. The molecule has 136 valence electrons. The molecule has 0 aliphatic heterocycles. The molecule has 3 aromatic heterocycles. The average molecular weight is 381 g/mol. The summed E-state index contributed by atoms with van der Waals surface area (Å²) in [7, 11) is 0. The number of benzene rings is 1.